The summed E-state index contributed by atoms with van der Waals surface area (Å²) in [4.78, 5) is 0. The van der Waals surface area contributed by atoms with Crippen LogP contribution in [0.25, 0.3) is 0 Å². The van der Waals surface area contributed by atoms with Gasteiger partial charge in [0.25, 0.3) is 0 Å². The van der Waals surface area contributed by atoms with Crippen LogP contribution in [0.4, 0.5) is 0 Å². The summed E-state index contributed by atoms with van der Waals surface area (Å²) in [6.07, 6.45) is 2.52. The van der Waals surface area contributed by atoms with Crippen molar-refractivity contribution in [2.24, 2.45) is 0 Å². The average Bonchev–Trinajstić information content (AvgIpc) is 2.46. The summed E-state index contributed by atoms with van der Waals surface area (Å²) in [7, 11) is 0. The number of nitrogens with one attached hydrogen (secondary N) is 1. The second-order valence-electron chi connectivity index (χ2n) is 6.93. The highest BCUT2D eigenvalue weighted by molar-refractivity contribution is 5.29. The summed E-state index contributed by atoms with van der Waals surface area (Å²) in [6, 6.07) is 9.27. The highest BCUT2D eigenvalue weighted by atomic mass is 16.5. The van der Waals surface area contributed by atoms with Gasteiger partial charge in [-0.1, -0.05) is 58.9 Å². The largest absolute Gasteiger partial charge is 0.377 e. The van der Waals surface area contributed by atoms with E-state index in [0.717, 1.165) is 26.0 Å². The van der Waals surface area contributed by atoms with Crippen molar-refractivity contribution in [3.05, 3.63) is 35.4 Å². The first-order valence-corrected chi connectivity index (χ1v) is 8.33. The van der Waals surface area contributed by atoms with Crippen LogP contribution in [0.15, 0.2) is 24.3 Å². The van der Waals surface area contributed by atoms with Gasteiger partial charge in [-0.05, 0) is 42.9 Å². The number of rotatable bonds is 8. The third-order valence-corrected chi connectivity index (χ3v) is 3.94. The zero-order valence-electron chi connectivity index (χ0n) is 14.7. The molecule has 0 radical (unpaired) electrons. The summed E-state index contributed by atoms with van der Waals surface area (Å²) in [5, 5.41) is 3.60. The van der Waals surface area contributed by atoms with Gasteiger partial charge in [-0.2, -0.15) is 0 Å². The van der Waals surface area contributed by atoms with Gasteiger partial charge in [0.1, 0.15) is 0 Å². The van der Waals surface area contributed by atoms with E-state index in [1.165, 1.54) is 11.1 Å². The Bertz CT molecular complexity index is 391. The number of hydrogen-bond acceptors (Lipinski definition) is 2. The molecule has 1 rings (SSSR count). The molecular weight excluding hydrogens is 258 g/mol. The quantitative estimate of drug-likeness (QED) is 0.740. The monoisotopic (exact) mass is 291 g/mol. The van der Waals surface area contributed by atoms with Crippen LogP contribution in [0.5, 0.6) is 0 Å². The minimum atomic E-state index is 0.206. The SMILES string of the molecule is CCCNC(COC(C)CC)c1ccc(C(C)(C)C)cc1. The molecule has 2 unspecified atom stereocenters. The smallest absolute Gasteiger partial charge is 0.0665 e. The molecule has 1 aromatic rings. The highest BCUT2D eigenvalue weighted by Crippen LogP contribution is 2.24. The fraction of sp³-hybridized carbons (Fsp3) is 0.684. The van der Waals surface area contributed by atoms with E-state index in [-0.39, 0.29) is 11.5 Å². The molecule has 0 aliphatic carbocycles. The summed E-state index contributed by atoms with van der Waals surface area (Å²) in [5.74, 6) is 0. The summed E-state index contributed by atoms with van der Waals surface area (Å²) in [6.45, 7) is 15.0. The van der Waals surface area contributed by atoms with E-state index in [2.05, 4.69) is 71.1 Å². The van der Waals surface area contributed by atoms with Gasteiger partial charge in [-0.25, -0.2) is 0 Å². The molecule has 120 valence electrons. The standard InChI is InChI=1S/C19H33NO/c1-7-13-20-18(14-21-15(3)8-2)16-9-11-17(12-10-16)19(4,5)6/h9-12,15,18,20H,7-8,13-14H2,1-6H3. The highest BCUT2D eigenvalue weighted by Gasteiger charge is 2.16. The molecule has 0 aliphatic rings. The Hall–Kier alpha value is -0.860. The second-order valence-corrected chi connectivity index (χ2v) is 6.93. The number of hydrogen-bond donors (Lipinski definition) is 1. The van der Waals surface area contributed by atoms with Crippen LogP contribution in [0, 0.1) is 0 Å². The predicted octanol–water partition coefficient (Wildman–Crippen LogP) is 4.84. The molecule has 21 heavy (non-hydrogen) atoms. The first-order valence-electron chi connectivity index (χ1n) is 8.33. The van der Waals surface area contributed by atoms with Crippen LogP contribution in [0.1, 0.15) is 71.6 Å². The van der Waals surface area contributed by atoms with E-state index >= 15 is 0 Å². The lowest BCUT2D eigenvalue weighted by atomic mass is 9.86. The van der Waals surface area contributed by atoms with Gasteiger partial charge in [-0.3, -0.25) is 0 Å². The molecule has 2 nitrogen and oxygen atoms in total. The van der Waals surface area contributed by atoms with Crippen molar-refractivity contribution < 1.29 is 4.74 Å². The molecule has 0 aliphatic heterocycles. The minimum absolute atomic E-state index is 0.206. The Labute approximate surface area is 131 Å². The van der Waals surface area contributed by atoms with Crippen molar-refractivity contribution in [1.82, 2.24) is 5.32 Å². The van der Waals surface area contributed by atoms with E-state index in [1.54, 1.807) is 0 Å². The zero-order chi connectivity index (χ0) is 15.9. The van der Waals surface area contributed by atoms with Crippen molar-refractivity contribution in [2.75, 3.05) is 13.2 Å². The van der Waals surface area contributed by atoms with Gasteiger partial charge in [0.05, 0.1) is 18.8 Å². The van der Waals surface area contributed by atoms with Crippen LogP contribution in [-0.4, -0.2) is 19.3 Å². The lowest BCUT2D eigenvalue weighted by molar-refractivity contribution is 0.0474. The lowest BCUT2D eigenvalue weighted by Crippen LogP contribution is -2.28. The molecule has 0 spiro atoms. The van der Waals surface area contributed by atoms with Crippen molar-refractivity contribution >= 4 is 0 Å². The van der Waals surface area contributed by atoms with Gasteiger partial charge >= 0.3 is 0 Å². The van der Waals surface area contributed by atoms with Crippen molar-refractivity contribution in [1.29, 1.82) is 0 Å². The molecule has 0 amide bonds. The third-order valence-electron chi connectivity index (χ3n) is 3.94. The Kier molecular flexibility index (Phi) is 7.41. The van der Waals surface area contributed by atoms with Crippen molar-refractivity contribution in [2.45, 2.75) is 71.9 Å². The Morgan fingerprint density at radius 1 is 1.10 bits per heavy atom. The molecule has 1 N–H and O–H groups in total. The van der Waals surface area contributed by atoms with Crippen LogP contribution in [0.3, 0.4) is 0 Å². The number of benzene rings is 1. The van der Waals surface area contributed by atoms with Crippen LogP contribution in [-0.2, 0) is 10.2 Å². The molecule has 0 saturated carbocycles. The lowest BCUT2D eigenvalue weighted by Gasteiger charge is -2.23. The van der Waals surface area contributed by atoms with E-state index in [0.29, 0.717) is 6.10 Å². The van der Waals surface area contributed by atoms with Crippen LogP contribution in [0.2, 0.25) is 0 Å². The maximum atomic E-state index is 5.94. The molecule has 0 bridgehead atoms. The third kappa shape index (κ3) is 6.19. The molecule has 1 aromatic carbocycles. The average molecular weight is 291 g/mol. The minimum Gasteiger partial charge on any atom is -0.377 e. The molecule has 2 heteroatoms. The fourth-order valence-electron chi connectivity index (χ4n) is 2.19. The van der Waals surface area contributed by atoms with Gasteiger partial charge in [0, 0.05) is 0 Å². The summed E-state index contributed by atoms with van der Waals surface area (Å²) >= 11 is 0. The van der Waals surface area contributed by atoms with E-state index in [1.807, 2.05) is 0 Å². The molecule has 0 saturated heterocycles. The molecular formula is C19H33NO. The Morgan fingerprint density at radius 2 is 1.71 bits per heavy atom. The molecule has 0 fully saturated rings. The zero-order valence-corrected chi connectivity index (χ0v) is 14.7. The summed E-state index contributed by atoms with van der Waals surface area (Å²) < 4.78 is 5.94. The van der Waals surface area contributed by atoms with Gasteiger partial charge in [0.15, 0.2) is 0 Å². The summed E-state index contributed by atoms with van der Waals surface area (Å²) in [5.41, 5.74) is 2.90. The molecule has 2 atom stereocenters. The van der Waals surface area contributed by atoms with Gasteiger partial charge < -0.3 is 10.1 Å². The van der Waals surface area contributed by atoms with Crippen LogP contribution >= 0.6 is 0 Å². The first-order chi connectivity index (χ1) is 9.88. The van der Waals surface area contributed by atoms with E-state index in [9.17, 15) is 0 Å². The van der Waals surface area contributed by atoms with Crippen molar-refractivity contribution in [3.8, 4) is 0 Å². The topological polar surface area (TPSA) is 21.3 Å². The second kappa shape index (κ2) is 8.55. The van der Waals surface area contributed by atoms with Crippen LogP contribution < -0.4 is 5.32 Å². The van der Waals surface area contributed by atoms with E-state index in [4.69, 9.17) is 4.74 Å². The van der Waals surface area contributed by atoms with Gasteiger partial charge in [0.2, 0.25) is 0 Å². The molecule has 0 heterocycles. The maximum Gasteiger partial charge on any atom is 0.0665 e. The Balaban J connectivity index is 2.77. The Morgan fingerprint density at radius 3 is 2.19 bits per heavy atom. The van der Waals surface area contributed by atoms with Crippen molar-refractivity contribution in [3.63, 3.8) is 0 Å². The van der Waals surface area contributed by atoms with E-state index < -0.39 is 0 Å². The fourth-order valence-corrected chi connectivity index (χ4v) is 2.19. The normalized spacial score (nSPS) is 15.0. The predicted molar refractivity (Wildman–Crippen MR) is 91.9 cm³/mol. The van der Waals surface area contributed by atoms with Gasteiger partial charge in [-0.15, -0.1) is 0 Å². The first kappa shape index (κ1) is 18.2. The number of ether oxygens (including phenoxy) is 1. The molecule has 0 aromatic heterocycles. The maximum absolute atomic E-state index is 5.94.